The first-order valence-corrected chi connectivity index (χ1v) is 28.7. The number of rotatable bonds is 23. The van der Waals surface area contributed by atoms with E-state index in [0.717, 1.165) is 16.7 Å². The van der Waals surface area contributed by atoms with Gasteiger partial charge in [0.15, 0.2) is 25.7 Å². The Morgan fingerprint density at radius 1 is 0.808 bits per heavy atom. The molecule has 0 amide bonds. The fourth-order valence-corrected chi connectivity index (χ4v) is 11.8. The van der Waals surface area contributed by atoms with Crippen molar-refractivity contribution in [2.75, 3.05) is 34.0 Å². The summed E-state index contributed by atoms with van der Waals surface area (Å²) in [5.74, 6) is 0.883. The van der Waals surface area contributed by atoms with Crippen molar-refractivity contribution >= 4 is 34.0 Å². The van der Waals surface area contributed by atoms with Gasteiger partial charge in [-0.05, 0) is 98.9 Å². The zero-order chi connectivity index (χ0) is 52.5. The highest BCUT2D eigenvalue weighted by molar-refractivity contribution is 7.44. The van der Waals surface area contributed by atoms with Crippen molar-refractivity contribution in [2.24, 2.45) is 0 Å². The third-order valence-corrected chi connectivity index (χ3v) is 20.0. The Balaban J connectivity index is 1.36. The van der Waals surface area contributed by atoms with Gasteiger partial charge in [-0.3, -0.25) is 13.9 Å². The van der Waals surface area contributed by atoms with Crippen molar-refractivity contribution in [1.29, 1.82) is 5.26 Å². The second-order valence-electron chi connectivity index (χ2n) is 19.9. The summed E-state index contributed by atoms with van der Waals surface area (Å²) >= 11 is 0. The third kappa shape index (κ3) is 12.3. The van der Waals surface area contributed by atoms with Crippen LogP contribution >= 0.6 is 8.53 Å². The molecule has 3 heterocycles. The fourth-order valence-electron chi connectivity index (χ4n) is 8.70. The molecule has 0 radical (unpaired) electrons. The van der Waals surface area contributed by atoms with E-state index in [4.69, 9.17) is 42.1 Å². The molecule has 0 N–H and O–H groups in total. The van der Waals surface area contributed by atoms with E-state index in [9.17, 15) is 14.9 Å². The molecule has 5 atom stereocenters. The Morgan fingerprint density at radius 2 is 1.38 bits per heavy atom. The van der Waals surface area contributed by atoms with Crippen LogP contribution in [0.25, 0.3) is 11.2 Å². The van der Waals surface area contributed by atoms with E-state index < -0.39 is 58.5 Å². The highest BCUT2D eigenvalue weighted by Crippen LogP contribution is 2.53. The van der Waals surface area contributed by atoms with E-state index >= 15 is 0 Å². The second kappa shape index (κ2) is 24.0. The molecule has 388 valence electrons. The number of nitrogens with zero attached hydrogens (tertiary/aromatic N) is 6. The summed E-state index contributed by atoms with van der Waals surface area (Å²) < 4.78 is 58.3. The number of methoxy groups -OCH3 is 2. The van der Waals surface area contributed by atoms with E-state index in [-0.39, 0.29) is 61.1 Å². The second-order valence-corrected chi connectivity index (χ2v) is 26.1. The van der Waals surface area contributed by atoms with Crippen LogP contribution in [0.1, 0.15) is 88.2 Å². The Bertz CT molecular complexity index is 2780. The number of hydrogen-bond donors (Lipinski definition) is 0. The minimum absolute atomic E-state index is 0.0114. The number of nitriles is 1. The van der Waals surface area contributed by atoms with Crippen LogP contribution in [-0.4, -0.2) is 102 Å². The Hall–Kier alpha value is -5.80. The van der Waals surface area contributed by atoms with Crippen molar-refractivity contribution in [3.05, 3.63) is 154 Å². The molecule has 16 nitrogen and oxygen atoms in total. The van der Waals surface area contributed by atoms with Crippen LogP contribution in [0.3, 0.4) is 0 Å². The van der Waals surface area contributed by atoms with Gasteiger partial charge in [-0.1, -0.05) is 93.6 Å². The summed E-state index contributed by atoms with van der Waals surface area (Å²) in [6.45, 7) is 19.4. The summed E-state index contributed by atoms with van der Waals surface area (Å²) in [7, 11) is -1.28. The van der Waals surface area contributed by atoms with E-state index in [0.29, 0.717) is 17.1 Å². The molecule has 1 saturated heterocycles. The topological polar surface area (TPSA) is 171 Å². The lowest BCUT2D eigenvalue weighted by Crippen LogP contribution is -2.51. The minimum atomic E-state index is -2.68. The van der Waals surface area contributed by atoms with Gasteiger partial charge in [0.1, 0.15) is 48.3 Å². The number of ether oxygens (including phenoxy) is 5. The van der Waals surface area contributed by atoms with Gasteiger partial charge >= 0.3 is 5.97 Å². The van der Waals surface area contributed by atoms with Gasteiger partial charge < -0.3 is 37.2 Å². The maximum atomic E-state index is 14.2. The number of carbonyl (C=O) groups excluding carboxylic acids is 1. The highest BCUT2D eigenvalue weighted by Gasteiger charge is 2.54. The lowest BCUT2D eigenvalue weighted by molar-refractivity contribution is -0.0928. The average Bonchev–Trinajstić information content (AvgIpc) is 3.96. The summed E-state index contributed by atoms with van der Waals surface area (Å²) in [6.07, 6.45) is -0.356. The molecule has 0 saturated carbocycles. The number of aromatic nitrogens is 4. The molecule has 7 rings (SSSR count). The van der Waals surface area contributed by atoms with E-state index in [1.54, 1.807) is 43.1 Å². The summed E-state index contributed by atoms with van der Waals surface area (Å²) in [4.78, 5) is 36.4. The fraction of sp³-hybridized carbons (Fsp3) is 0.436. The van der Waals surface area contributed by atoms with E-state index in [1.165, 1.54) is 17.2 Å². The molecule has 0 spiro atoms. The number of imidazole rings is 1. The molecule has 73 heavy (non-hydrogen) atoms. The van der Waals surface area contributed by atoms with Crippen molar-refractivity contribution < 1.29 is 42.0 Å². The van der Waals surface area contributed by atoms with Crippen LogP contribution in [0.15, 0.2) is 127 Å². The molecule has 6 aromatic rings. The molecule has 4 aromatic carbocycles. The molecule has 1 fully saturated rings. The lowest BCUT2D eigenvalue weighted by Gasteiger charge is -2.43. The van der Waals surface area contributed by atoms with Crippen LogP contribution in [-0.2, 0) is 39.8 Å². The monoisotopic (exact) mass is 1030 g/mol. The van der Waals surface area contributed by atoms with Crippen LogP contribution in [0, 0.1) is 11.3 Å². The number of carbonyl (C=O) groups is 1. The molecule has 2 aromatic heterocycles. The number of benzene rings is 4. The zero-order valence-electron chi connectivity index (χ0n) is 43.8. The lowest BCUT2D eigenvalue weighted by atomic mass is 9.80. The van der Waals surface area contributed by atoms with E-state index in [2.05, 4.69) is 77.3 Å². The first-order valence-electron chi connectivity index (χ1n) is 24.6. The van der Waals surface area contributed by atoms with Crippen molar-refractivity contribution in [1.82, 2.24) is 23.8 Å². The van der Waals surface area contributed by atoms with Crippen LogP contribution in [0.4, 0.5) is 0 Å². The number of esters is 1. The van der Waals surface area contributed by atoms with Gasteiger partial charge in [0.25, 0.3) is 14.1 Å². The summed E-state index contributed by atoms with van der Waals surface area (Å²) in [5.41, 5.74) is 1.65. The first-order chi connectivity index (χ1) is 34.9. The van der Waals surface area contributed by atoms with Gasteiger partial charge in [-0.15, -0.1) is 0 Å². The maximum Gasteiger partial charge on any atom is 0.338 e. The molecular formula is C55H69N6O10PSi. The summed E-state index contributed by atoms with van der Waals surface area (Å²) in [6, 6.07) is 36.6. The van der Waals surface area contributed by atoms with Gasteiger partial charge in [0, 0.05) is 12.1 Å². The molecular weight excluding hydrogens is 964 g/mol. The molecule has 1 unspecified atom stereocenters. The van der Waals surface area contributed by atoms with Crippen LogP contribution in [0.2, 0.25) is 18.1 Å². The molecule has 18 heteroatoms. The SMILES string of the molecule is COc1ccc(C(OC[C@H]2O[C@@H](n3cnc4c(=O)n(CCOC(=O)c5ccccc5)cnc43)[C@H](OP(OCCC#N)N(C(C)C)C(C)C)[C@@H]2O[Si](C)(C)C(C)(C)C)(c2ccccc2)c2ccc(OC)cc2)cc1. The van der Waals surface area contributed by atoms with Gasteiger partial charge in [0.2, 0.25) is 0 Å². The van der Waals surface area contributed by atoms with Crippen molar-refractivity contribution in [2.45, 2.75) is 122 Å². The highest BCUT2D eigenvalue weighted by atomic mass is 31.2. The molecule has 1 aliphatic heterocycles. The third-order valence-electron chi connectivity index (χ3n) is 13.4. The molecule has 0 bridgehead atoms. The Kier molecular flexibility index (Phi) is 18.1. The number of fused-ring (bicyclic) bond motifs is 1. The quantitative estimate of drug-likeness (QED) is 0.0195. The summed E-state index contributed by atoms with van der Waals surface area (Å²) in [5, 5.41) is 9.40. The zero-order valence-corrected chi connectivity index (χ0v) is 45.7. The largest absolute Gasteiger partial charge is 0.497 e. The van der Waals surface area contributed by atoms with Gasteiger partial charge in [-0.2, -0.15) is 5.26 Å². The predicted octanol–water partition coefficient (Wildman–Crippen LogP) is 10.4. The predicted molar refractivity (Wildman–Crippen MR) is 283 cm³/mol. The van der Waals surface area contributed by atoms with Gasteiger partial charge in [-0.25, -0.2) is 19.4 Å². The smallest absolute Gasteiger partial charge is 0.338 e. The van der Waals surface area contributed by atoms with Gasteiger partial charge in [0.05, 0.1) is 58.4 Å². The van der Waals surface area contributed by atoms with Crippen LogP contribution in [0.5, 0.6) is 11.5 Å². The molecule has 1 aliphatic rings. The van der Waals surface area contributed by atoms with Crippen molar-refractivity contribution in [3.8, 4) is 17.6 Å². The molecule has 0 aliphatic carbocycles. The minimum Gasteiger partial charge on any atom is -0.497 e. The number of hydrogen-bond acceptors (Lipinski definition) is 14. The average molecular weight is 1030 g/mol. The Morgan fingerprint density at radius 3 is 1.93 bits per heavy atom. The normalized spacial score (nSPS) is 17.8. The maximum absolute atomic E-state index is 14.2. The van der Waals surface area contributed by atoms with Crippen LogP contribution < -0.4 is 15.0 Å². The van der Waals surface area contributed by atoms with E-state index in [1.807, 2.05) is 84.9 Å². The Labute approximate surface area is 431 Å². The standard InChI is InChI=1S/C55H69N6O10PSi/c1-38(2)61(39(3)4)72(68-33-18-31-56)70-49-48(71-73(10,11)54(5,6)7)46(69-52(49)60-37-57-47-50(60)58-36-59(51(47)62)32-34-66-53(63)40-19-14-12-15-20-40)35-67-55(41-21-16-13-17-22-41,42-23-27-44(64-8)28-24-42)43-25-29-45(65-9)30-26-43/h12-17,19-30,36-39,46,48-49,52H,18,32-35H2,1-11H3/t46-,48-,49-,52-,72?/m1/s1. The first kappa shape index (κ1) is 55.0. The van der Waals surface area contributed by atoms with Crippen molar-refractivity contribution in [3.63, 3.8) is 0 Å².